The summed E-state index contributed by atoms with van der Waals surface area (Å²) in [6, 6.07) is 0. The van der Waals surface area contributed by atoms with Gasteiger partial charge in [0, 0.05) is 12.4 Å². The smallest absolute Gasteiger partial charge is 0.355 e. The number of carbonyl (C=O) groups is 1. The summed E-state index contributed by atoms with van der Waals surface area (Å²) in [5.74, 6) is -6.51. The highest BCUT2D eigenvalue weighted by molar-refractivity contribution is 6.18. The fraction of sp³-hybridized carbons (Fsp3) is 0.875. The molecule has 0 heterocycles. The van der Waals surface area contributed by atoms with Crippen molar-refractivity contribution < 1.29 is 31.1 Å². The molecule has 102 valence electrons. The van der Waals surface area contributed by atoms with Crippen LogP contribution in [0.4, 0.5) is 26.3 Å². The summed E-state index contributed by atoms with van der Waals surface area (Å²) >= 11 is 5.30. The first-order valence-electron chi connectivity index (χ1n) is 4.47. The van der Waals surface area contributed by atoms with Crippen molar-refractivity contribution in [1.29, 1.82) is 0 Å². The van der Waals surface area contributed by atoms with E-state index in [2.05, 4.69) is 0 Å². The molecule has 1 amide bonds. The van der Waals surface area contributed by atoms with Crippen molar-refractivity contribution in [3.63, 3.8) is 0 Å². The van der Waals surface area contributed by atoms with Crippen molar-refractivity contribution in [1.82, 2.24) is 5.32 Å². The molecule has 2 nitrogen and oxygen atoms in total. The molecule has 0 saturated carbocycles. The maximum Gasteiger partial charge on any atom is 0.409 e. The van der Waals surface area contributed by atoms with Crippen LogP contribution in [0, 0.1) is 11.8 Å². The number of nitrogens with one attached hydrogen (secondary N) is 1. The number of rotatable bonds is 4. The highest BCUT2D eigenvalue weighted by Gasteiger charge is 2.60. The second kappa shape index (κ2) is 5.79. The summed E-state index contributed by atoms with van der Waals surface area (Å²) in [6.45, 7) is 1.13. The van der Waals surface area contributed by atoms with Gasteiger partial charge in [0.05, 0.1) is 0 Å². The van der Waals surface area contributed by atoms with Crippen molar-refractivity contribution >= 4 is 17.5 Å². The quantitative estimate of drug-likeness (QED) is 0.624. The Hall–Kier alpha value is -0.660. The second-order valence-electron chi connectivity index (χ2n) is 3.52. The first kappa shape index (κ1) is 16.3. The van der Waals surface area contributed by atoms with Gasteiger partial charge in [0.2, 0.25) is 11.8 Å². The molecule has 0 saturated heterocycles. The van der Waals surface area contributed by atoms with E-state index < -0.39 is 30.1 Å². The Balaban J connectivity index is 4.69. The largest absolute Gasteiger partial charge is 0.409 e. The average molecular weight is 286 g/mol. The molecule has 9 heteroatoms. The Labute approximate surface area is 98.3 Å². The summed E-state index contributed by atoms with van der Waals surface area (Å²) in [6.07, 6.45) is -11.3. The van der Waals surface area contributed by atoms with Crippen LogP contribution in [0.25, 0.3) is 0 Å². The van der Waals surface area contributed by atoms with Gasteiger partial charge in [-0.3, -0.25) is 4.79 Å². The van der Waals surface area contributed by atoms with Gasteiger partial charge in [0.1, 0.15) is 0 Å². The molecule has 0 rings (SSSR count). The number of carbonyl (C=O) groups excluding carboxylic acids is 1. The van der Waals surface area contributed by atoms with Crippen LogP contribution in [0.1, 0.15) is 6.92 Å². The van der Waals surface area contributed by atoms with Crippen LogP contribution in [-0.2, 0) is 4.79 Å². The van der Waals surface area contributed by atoms with Gasteiger partial charge in [-0.25, -0.2) is 0 Å². The zero-order chi connectivity index (χ0) is 13.9. The van der Waals surface area contributed by atoms with E-state index in [4.69, 9.17) is 11.6 Å². The maximum atomic E-state index is 12.1. The molecular weight excluding hydrogens is 276 g/mol. The molecule has 0 aromatic heterocycles. The maximum absolute atomic E-state index is 12.1. The van der Waals surface area contributed by atoms with E-state index in [1.54, 1.807) is 5.32 Å². The van der Waals surface area contributed by atoms with Crippen LogP contribution in [0.3, 0.4) is 0 Å². The van der Waals surface area contributed by atoms with Gasteiger partial charge in [-0.15, -0.1) is 11.6 Å². The molecule has 0 aliphatic heterocycles. The predicted octanol–water partition coefficient (Wildman–Crippen LogP) is 2.72. The third kappa shape index (κ3) is 5.47. The van der Waals surface area contributed by atoms with Crippen LogP contribution in [0.15, 0.2) is 0 Å². The lowest BCUT2D eigenvalue weighted by molar-refractivity contribution is -0.274. The average Bonchev–Trinajstić information content (AvgIpc) is 2.09. The third-order valence-electron chi connectivity index (χ3n) is 1.81. The molecule has 0 bridgehead atoms. The van der Waals surface area contributed by atoms with E-state index >= 15 is 0 Å². The topological polar surface area (TPSA) is 29.1 Å². The Morgan fingerprint density at radius 2 is 1.59 bits per heavy atom. The number of hydrogen-bond acceptors (Lipinski definition) is 1. The van der Waals surface area contributed by atoms with Crippen LogP contribution in [0.5, 0.6) is 0 Å². The molecule has 1 N–H and O–H groups in total. The summed E-state index contributed by atoms with van der Waals surface area (Å²) in [5.41, 5.74) is 0. The molecule has 17 heavy (non-hydrogen) atoms. The monoisotopic (exact) mass is 285 g/mol. The molecule has 0 aliphatic rings. The fourth-order valence-electron chi connectivity index (χ4n) is 0.914. The minimum atomic E-state index is -5.66. The van der Waals surface area contributed by atoms with E-state index in [1.807, 2.05) is 0 Å². The Bertz CT molecular complexity index is 250. The Morgan fingerprint density at radius 1 is 1.18 bits per heavy atom. The Kier molecular flexibility index (Phi) is 5.57. The van der Waals surface area contributed by atoms with Crippen molar-refractivity contribution in [3.05, 3.63) is 0 Å². The SMILES string of the molecule is CC(CCl)CNC(=O)C(C(F)(F)F)C(F)(F)F. The zero-order valence-electron chi connectivity index (χ0n) is 8.62. The minimum Gasteiger partial charge on any atom is -0.355 e. The minimum absolute atomic E-state index is 0.0168. The first-order chi connectivity index (χ1) is 7.50. The van der Waals surface area contributed by atoms with E-state index in [9.17, 15) is 31.1 Å². The Morgan fingerprint density at radius 3 is 1.88 bits per heavy atom. The van der Waals surface area contributed by atoms with E-state index in [-0.39, 0.29) is 12.4 Å². The number of hydrogen-bond donors (Lipinski definition) is 1. The van der Waals surface area contributed by atoms with Crippen molar-refractivity contribution in [2.45, 2.75) is 19.3 Å². The molecular formula is C8H10ClF6NO. The van der Waals surface area contributed by atoms with Crippen molar-refractivity contribution in [2.24, 2.45) is 11.8 Å². The van der Waals surface area contributed by atoms with Crippen LogP contribution in [0.2, 0.25) is 0 Å². The molecule has 0 fully saturated rings. The zero-order valence-corrected chi connectivity index (χ0v) is 9.38. The second-order valence-corrected chi connectivity index (χ2v) is 3.83. The van der Waals surface area contributed by atoms with Crippen molar-refractivity contribution in [2.75, 3.05) is 12.4 Å². The molecule has 0 radical (unpaired) electrons. The van der Waals surface area contributed by atoms with Gasteiger partial charge < -0.3 is 5.32 Å². The van der Waals surface area contributed by atoms with E-state index in [0.29, 0.717) is 0 Å². The normalized spacial score (nSPS) is 14.9. The standard InChI is InChI=1S/C8H10ClF6NO/c1-4(2-9)3-16-6(17)5(7(10,11)12)8(13,14)15/h4-5H,2-3H2,1H3,(H,16,17). The number of halogens is 7. The van der Waals surface area contributed by atoms with Crippen molar-refractivity contribution in [3.8, 4) is 0 Å². The summed E-state index contributed by atoms with van der Waals surface area (Å²) < 4.78 is 72.4. The fourth-order valence-corrected chi connectivity index (χ4v) is 1.02. The van der Waals surface area contributed by atoms with Gasteiger partial charge in [-0.05, 0) is 5.92 Å². The van der Waals surface area contributed by atoms with E-state index in [0.717, 1.165) is 0 Å². The van der Waals surface area contributed by atoms with Gasteiger partial charge >= 0.3 is 12.4 Å². The molecule has 1 unspecified atom stereocenters. The third-order valence-corrected chi connectivity index (χ3v) is 2.33. The molecule has 0 aromatic rings. The molecule has 0 spiro atoms. The van der Waals surface area contributed by atoms with Gasteiger partial charge in [-0.2, -0.15) is 26.3 Å². The van der Waals surface area contributed by atoms with Gasteiger partial charge in [-0.1, -0.05) is 6.92 Å². The molecule has 1 atom stereocenters. The number of alkyl halides is 7. The summed E-state index contributed by atoms with van der Waals surface area (Å²) in [7, 11) is 0. The predicted molar refractivity (Wildman–Crippen MR) is 48.5 cm³/mol. The molecule has 0 aliphatic carbocycles. The van der Waals surface area contributed by atoms with Crippen LogP contribution >= 0.6 is 11.6 Å². The summed E-state index contributed by atoms with van der Waals surface area (Å²) in [4.78, 5) is 10.9. The highest BCUT2D eigenvalue weighted by Crippen LogP contribution is 2.39. The lowest BCUT2D eigenvalue weighted by Gasteiger charge is -2.22. The number of amides is 1. The van der Waals surface area contributed by atoms with Crippen LogP contribution < -0.4 is 5.32 Å². The van der Waals surface area contributed by atoms with Crippen LogP contribution in [-0.4, -0.2) is 30.7 Å². The lowest BCUT2D eigenvalue weighted by Crippen LogP contribution is -2.48. The van der Waals surface area contributed by atoms with E-state index in [1.165, 1.54) is 6.92 Å². The molecule has 0 aromatic carbocycles. The highest BCUT2D eigenvalue weighted by atomic mass is 35.5. The first-order valence-corrected chi connectivity index (χ1v) is 5.00. The van der Waals surface area contributed by atoms with Gasteiger partial charge in [0.15, 0.2) is 0 Å². The van der Waals surface area contributed by atoms with Gasteiger partial charge in [0.25, 0.3) is 0 Å². The lowest BCUT2D eigenvalue weighted by atomic mass is 10.1. The summed E-state index contributed by atoms with van der Waals surface area (Å²) in [5, 5.41) is 1.58.